The van der Waals surface area contributed by atoms with E-state index in [9.17, 15) is 0 Å². The highest BCUT2D eigenvalue weighted by molar-refractivity contribution is 9.10. The van der Waals surface area contributed by atoms with Gasteiger partial charge in [0.2, 0.25) is 0 Å². The lowest BCUT2D eigenvalue weighted by Gasteiger charge is -2.21. The largest absolute Gasteiger partial charge is 0.496 e. The molecule has 0 aliphatic heterocycles. The number of nitrogens with zero attached hydrogens (tertiary/aromatic N) is 2. The molecule has 1 heterocycles. The average molecular weight is 321 g/mol. The van der Waals surface area contributed by atoms with Crippen molar-refractivity contribution in [3.63, 3.8) is 0 Å². The van der Waals surface area contributed by atoms with E-state index in [0.29, 0.717) is 0 Å². The molecule has 0 fully saturated rings. The van der Waals surface area contributed by atoms with Gasteiger partial charge in [-0.15, -0.1) is 0 Å². The topological polar surface area (TPSA) is 25.4 Å². The highest BCUT2D eigenvalue weighted by atomic mass is 79.9. The molecule has 2 aromatic rings. The Bertz CT molecular complexity index is 599. The summed E-state index contributed by atoms with van der Waals surface area (Å²) in [5.74, 6) is 1.85. The summed E-state index contributed by atoms with van der Waals surface area (Å²) in [5, 5.41) is 0. The van der Waals surface area contributed by atoms with Gasteiger partial charge in [0.25, 0.3) is 0 Å². The van der Waals surface area contributed by atoms with E-state index >= 15 is 0 Å². The van der Waals surface area contributed by atoms with Crippen LogP contribution in [0.25, 0.3) is 0 Å². The number of methoxy groups -OCH3 is 1. The van der Waals surface area contributed by atoms with Gasteiger partial charge in [0.1, 0.15) is 11.6 Å². The van der Waals surface area contributed by atoms with Crippen LogP contribution in [0.1, 0.15) is 11.1 Å². The minimum absolute atomic E-state index is 0.901. The predicted molar refractivity (Wildman–Crippen MR) is 82.5 cm³/mol. The van der Waals surface area contributed by atoms with Gasteiger partial charge in [0.15, 0.2) is 0 Å². The highest BCUT2D eigenvalue weighted by Gasteiger charge is 2.10. The van der Waals surface area contributed by atoms with Crippen LogP contribution in [0.3, 0.4) is 0 Å². The molecule has 0 unspecified atom stereocenters. The van der Waals surface area contributed by atoms with Crippen molar-refractivity contribution in [2.24, 2.45) is 0 Å². The third kappa shape index (κ3) is 2.89. The molecule has 19 heavy (non-hydrogen) atoms. The fourth-order valence-corrected chi connectivity index (χ4v) is 2.52. The van der Waals surface area contributed by atoms with Crippen LogP contribution in [0, 0.1) is 13.8 Å². The molecule has 2 rings (SSSR count). The summed E-state index contributed by atoms with van der Waals surface area (Å²) in [5.41, 5.74) is 3.34. The highest BCUT2D eigenvalue weighted by Crippen LogP contribution is 2.29. The summed E-state index contributed by atoms with van der Waals surface area (Å²) in [4.78, 5) is 6.55. The number of pyridine rings is 1. The summed E-state index contributed by atoms with van der Waals surface area (Å²) >= 11 is 3.43. The Morgan fingerprint density at radius 1 is 1.16 bits per heavy atom. The van der Waals surface area contributed by atoms with Crippen molar-refractivity contribution >= 4 is 27.4 Å². The van der Waals surface area contributed by atoms with Gasteiger partial charge < -0.3 is 9.64 Å². The number of halogens is 1. The van der Waals surface area contributed by atoms with Crippen LogP contribution in [-0.4, -0.2) is 19.1 Å². The number of ether oxygens (including phenoxy) is 1. The second-order valence-electron chi connectivity index (χ2n) is 4.51. The Morgan fingerprint density at radius 2 is 1.89 bits per heavy atom. The van der Waals surface area contributed by atoms with E-state index < -0.39 is 0 Å². The molecule has 0 saturated heterocycles. The van der Waals surface area contributed by atoms with Gasteiger partial charge in [-0.3, -0.25) is 0 Å². The third-order valence-electron chi connectivity index (χ3n) is 3.10. The fourth-order valence-electron chi connectivity index (χ4n) is 2.08. The number of hydrogen-bond acceptors (Lipinski definition) is 3. The van der Waals surface area contributed by atoms with Crippen LogP contribution >= 0.6 is 15.9 Å². The fraction of sp³-hybridized carbons (Fsp3) is 0.267. The predicted octanol–water partition coefficient (Wildman–Crippen LogP) is 4.24. The first-order valence-electron chi connectivity index (χ1n) is 6.03. The zero-order valence-electron chi connectivity index (χ0n) is 11.6. The van der Waals surface area contributed by atoms with Gasteiger partial charge in [-0.25, -0.2) is 4.98 Å². The van der Waals surface area contributed by atoms with Crippen LogP contribution in [-0.2, 0) is 0 Å². The van der Waals surface area contributed by atoms with Crippen LogP contribution in [0.15, 0.2) is 34.9 Å². The molecule has 1 aromatic heterocycles. The third-order valence-corrected chi connectivity index (χ3v) is 3.53. The smallest absolute Gasteiger partial charge is 0.135 e. The van der Waals surface area contributed by atoms with E-state index in [1.54, 1.807) is 7.11 Å². The quantitative estimate of drug-likeness (QED) is 0.845. The summed E-state index contributed by atoms with van der Waals surface area (Å²) in [6, 6.07) is 8.18. The van der Waals surface area contributed by atoms with Crippen molar-refractivity contribution in [3.8, 4) is 5.75 Å². The molecule has 0 aliphatic carbocycles. The molecule has 0 radical (unpaired) electrons. The van der Waals surface area contributed by atoms with E-state index in [0.717, 1.165) is 32.9 Å². The minimum Gasteiger partial charge on any atom is -0.496 e. The van der Waals surface area contributed by atoms with Crippen LogP contribution in [0.4, 0.5) is 11.5 Å². The molecule has 0 atom stereocenters. The van der Waals surface area contributed by atoms with Gasteiger partial charge in [0, 0.05) is 23.4 Å². The van der Waals surface area contributed by atoms with Crippen LogP contribution in [0.2, 0.25) is 0 Å². The normalized spacial score (nSPS) is 10.4. The molecule has 100 valence electrons. The van der Waals surface area contributed by atoms with E-state index in [2.05, 4.69) is 44.9 Å². The molecule has 0 amide bonds. The number of benzene rings is 1. The average Bonchev–Trinajstić information content (AvgIpc) is 2.38. The lowest BCUT2D eigenvalue weighted by molar-refractivity contribution is 0.412. The SMILES string of the molecule is COc1ccc(N(C)c2ncc(Br)cc2C)cc1C. The lowest BCUT2D eigenvalue weighted by Crippen LogP contribution is -2.12. The Kier molecular flexibility index (Phi) is 4.10. The molecular weight excluding hydrogens is 304 g/mol. The zero-order chi connectivity index (χ0) is 14.0. The Balaban J connectivity index is 2.38. The first-order valence-corrected chi connectivity index (χ1v) is 6.82. The number of aromatic nitrogens is 1. The van der Waals surface area contributed by atoms with Gasteiger partial charge in [-0.2, -0.15) is 0 Å². The van der Waals surface area contributed by atoms with E-state index in [1.165, 1.54) is 0 Å². The van der Waals surface area contributed by atoms with Crippen molar-refractivity contribution < 1.29 is 4.74 Å². The maximum absolute atomic E-state index is 5.28. The first-order chi connectivity index (χ1) is 9.02. The molecule has 0 saturated carbocycles. The lowest BCUT2D eigenvalue weighted by atomic mass is 10.2. The number of hydrogen-bond donors (Lipinski definition) is 0. The molecule has 3 nitrogen and oxygen atoms in total. The Hall–Kier alpha value is -1.55. The number of rotatable bonds is 3. The summed E-state index contributed by atoms with van der Waals surface area (Å²) < 4.78 is 6.28. The zero-order valence-corrected chi connectivity index (χ0v) is 13.2. The van der Waals surface area contributed by atoms with Crippen LogP contribution in [0.5, 0.6) is 5.75 Å². The molecule has 0 bridgehead atoms. The summed E-state index contributed by atoms with van der Waals surface area (Å²) in [6.45, 7) is 4.10. The number of anilines is 2. The van der Waals surface area contributed by atoms with Gasteiger partial charge in [0.05, 0.1) is 7.11 Å². The molecular formula is C15H17BrN2O. The van der Waals surface area contributed by atoms with E-state index in [-0.39, 0.29) is 0 Å². The van der Waals surface area contributed by atoms with Crippen molar-refractivity contribution in [3.05, 3.63) is 46.1 Å². The van der Waals surface area contributed by atoms with Crippen molar-refractivity contribution in [1.29, 1.82) is 0 Å². The van der Waals surface area contributed by atoms with Crippen molar-refractivity contribution in [2.75, 3.05) is 19.1 Å². The van der Waals surface area contributed by atoms with Crippen molar-refractivity contribution in [2.45, 2.75) is 13.8 Å². The summed E-state index contributed by atoms with van der Waals surface area (Å²) in [7, 11) is 3.70. The molecule has 0 spiro atoms. The first kappa shape index (κ1) is 13.9. The Morgan fingerprint density at radius 3 is 2.47 bits per heavy atom. The molecule has 0 N–H and O–H groups in total. The second kappa shape index (κ2) is 5.61. The molecule has 1 aromatic carbocycles. The number of aryl methyl sites for hydroxylation is 2. The molecule has 0 aliphatic rings. The summed E-state index contributed by atoms with van der Waals surface area (Å²) in [6.07, 6.45) is 1.81. The van der Waals surface area contributed by atoms with Gasteiger partial charge >= 0.3 is 0 Å². The maximum atomic E-state index is 5.28. The maximum Gasteiger partial charge on any atom is 0.135 e. The second-order valence-corrected chi connectivity index (χ2v) is 5.42. The van der Waals surface area contributed by atoms with Gasteiger partial charge in [-0.1, -0.05) is 0 Å². The van der Waals surface area contributed by atoms with Crippen molar-refractivity contribution in [1.82, 2.24) is 4.98 Å². The van der Waals surface area contributed by atoms with E-state index in [4.69, 9.17) is 4.74 Å². The van der Waals surface area contributed by atoms with Gasteiger partial charge in [-0.05, 0) is 65.2 Å². The van der Waals surface area contributed by atoms with Crippen LogP contribution < -0.4 is 9.64 Å². The minimum atomic E-state index is 0.901. The Labute approximate surface area is 122 Å². The standard InChI is InChI=1S/C15H17BrN2O/c1-10-8-13(5-6-14(10)19-4)18(3)15-11(2)7-12(16)9-17-15/h5-9H,1-4H3. The monoisotopic (exact) mass is 320 g/mol. The molecule has 4 heteroatoms. The van der Waals surface area contributed by atoms with E-state index in [1.807, 2.05) is 32.3 Å².